The van der Waals surface area contributed by atoms with E-state index in [0.717, 1.165) is 73.3 Å². The fraction of sp³-hybridized carbons (Fsp3) is 0.522. The molecule has 0 N–H and O–H groups in total. The summed E-state index contributed by atoms with van der Waals surface area (Å²) in [6, 6.07) is 7.88. The molecule has 2 aromatic rings. The lowest BCUT2D eigenvalue weighted by Gasteiger charge is -2.32. The molecule has 6 heteroatoms. The Labute approximate surface area is 172 Å². The summed E-state index contributed by atoms with van der Waals surface area (Å²) < 4.78 is 0. The predicted octanol–water partition coefficient (Wildman–Crippen LogP) is 3.18. The fourth-order valence-electron chi connectivity index (χ4n) is 4.77. The van der Waals surface area contributed by atoms with Gasteiger partial charge in [0.15, 0.2) is 0 Å². The van der Waals surface area contributed by atoms with Crippen LogP contribution < -0.4 is 9.80 Å². The minimum atomic E-state index is 0.107. The third-order valence-corrected chi connectivity index (χ3v) is 6.37. The van der Waals surface area contributed by atoms with E-state index in [9.17, 15) is 4.79 Å². The molecular formula is C23H29N5O. The van der Waals surface area contributed by atoms with Crippen LogP contribution in [0, 0.1) is 6.92 Å². The van der Waals surface area contributed by atoms with Crippen molar-refractivity contribution < 1.29 is 4.79 Å². The first-order valence-corrected chi connectivity index (χ1v) is 10.9. The number of aromatic nitrogens is 2. The molecule has 0 radical (unpaired) electrons. The molecule has 4 heterocycles. The van der Waals surface area contributed by atoms with Crippen LogP contribution in [0.15, 0.2) is 24.3 Å². The van der Waals surface area contributed by atoms with Crippen molar-refractivity contribution in [2.24, 2.45) is 0 Å². The van der Waals surface area contributed by atoms with Gasteiger partial charge in [-0.2, -0.15) is 4.98 Å². The van der Waals surface area contributed by atoms with Gasteiger partial charge in [0.1, 0.15) is 5.82 Å². The number of hydrogen-bond acceptors (Lipinski definition) is 5. The lowest BCUT2D eigenvalue weighted by molar-refractivity contribution is 0.0733. The van der Waals surface area contributed by atoms with E-state index in [-0.39, 0.29) is 5.91 Å². The summed E-state index contributed by atoms with van der Waals surface area (Å²) in [5.74, 6) is 2.06. The van der Waals surface area contributed by atoms with E-state index < -0.39 is 0 Å². The molecule has 3 aliphatic heterocycles. The number of carbonyl (C=O) groups is 1. The Morgan fingerprint density at radius 2 is 1.66 bits per heavy atom. The van der Waals surface area contributed by atoms with Crippen LogP contribution in [0.1, 0.15) is 52.9 Å². The Bertz CT molecular complexity index is 915. The van der Waals surface area contributed by atoms with Crippen LogP contribution in [0.5, 0.6) is 0 Å². The van der Waals surface area contributed by atoms with Crippen molar-refractivity contribution in [3.8, 4) is 0 Å². The minimum Gasteiger partial charge on any atom is -0.356 e. The van der Waals surface area contributed by atoms with Crippen LogP contribution in [0.25, 0.3) is 0 Å². The summed E-state index contributed by atoms with van der Waals surface area (Å²) in [5, 5.41) is 0. The standard InChI is InChI=1S/C23H29N5O/c1-17-7-6-8-18(15-17)22(29)28-14-9-20-19(16-28)21(26-10-2-3-11-26)25-23(24-20)27-12-4-5-13-27/h6-8,15H,2-5,9-14,16H2,1H3. The van der Waals surface area contributed by atoms with Gasteiger partial charge in [0.25, 0.3) is 5.91 Å². The normalized spacial score (nSPS) is 19.0. The smallest absolute Gasteiger partial charge is 0.254 e. The molecule has 152 valence electrons. The Kier molecular flexibility index (Phi) is 4.86. The number of rotatable bonds is 3. The number of hydrogen-bond donors (Lipinski definition) is 0. The van der Waals surface area contributed by atoms with Crippen molar-refractivity contribution in [2.45, 2.75) is 45.6 Å². The summed E-state index contributed by atoms with van der Waals surface area (Å²) in [7, 11) is 0. The molecule has 2 fully saturated rings. The Morgan fingerprint density at radius 1 is 0.931 bits per heavy atom. The first kappa shape index (κ1) is 18.4. The largest absolute Gasteiger partial charge is 0.356 e. The zero-order valence-corrected chi connectivity index (χ0v) is 17.2. The van der Waals surface area contributed by atoms with Crippen LogP contribution in [-0.2, 0) is 13.0 Å². The predicted molar refractivity (Wildman–Crippen MR) is 115 cm³/mol. The second-order valence-electron chi connectivity index (χ2n) is 8.51. The molecule has 1 amide bonds. The van der Waals surface area contributed by atoms with E-state index in [1.54, 1.807) is 0 Å². The summed E-state index contributed by atoms with van der Waals surface area (Å²) in [5.41, 5.74) is 4.18. The summed E-state index contributed by atoms with van der Waals surface area (Å²) in [6.45, 7) is 7.56. The van der Waals surface area contributed by atoms with E-state index >= 15 is 0 Å². The third kappa shape index (κ3) is 3.56. The number of carbonyl (C=O) groups excluding carboxylic acids is 1. The van der Waals surface area contributed by atoms with Crippen molar-refractivity contribution in [3.05, 3.63) is 46.6 Å². The molecule has 6 nitrogen and oxygen atoms in total. The molecule has 0 aliphatic carbocycles. The molecule has 2 saturated heterocycles. The fourth-order valence-corrected chi connectivity index (χ4v) is 4.77. The number of anilines is 2. The molecule has 3 aliphatic rings. The van der Waals surface area contributed by atoms with Gasteiger partial charge in [-0.1, -0.05) is 17.7 Å². The Morgan fingerprint density at radius 3 is 2.38 bits per heavy atom. The molecule has 0 spiro atoms. The highest BCUT2D eigenvalue weighted by molar-refractivity contribution is 5.94. The Balaban J connectivity index is 1.48. The third-order valence-electron chi connectivity index (χ3n) is 6.37. The van der Waals surface area contributed by atoms with Gasteiger partial charge in [-0.15, -0.1) is 0 Å². The van der Waals surface area contributed by atoms with Gasteiger partial charge in [-0.25, -0.2) is 4.98 Å². The van der Waals surface area contributed by atoms with Gasteiger partial charge in [-0.3, -0.25) is 4.79 Å². The lowest BCUT2D eigenvalue weighted by Crippen LogP contribution is -2.38. The van der Waals surface area contributed by atoms with Gasteiger partial charge in [-0.05, 0) is 44.7 Å². The highest BCUT2D eigenvalue weighted by Crippen LogP contribution is 2.32. The van der Waals surface area contributed by atoms with E-state index in [0.29, 0.717) is 6.54 Å². The van der Waals surface area contributed by atoms with E-state index in [1.165, 1.54) is 25.7 Å². The van der Waals surface area contributed by atoms with Crippen LogP contribution >= 0.6 is 0 Å². The number of amides is 1. The van der Waals surface area contributed by atoms with Gasteiger partial charge < -0.3 is 14.7 Å². The molecule has 1 aromatic heterocycles. The van der Waals surface area contributed by atoms with Crippen LogP contribution in [0.2, 0.25) is 0 Å². The van der Waals surface area contributed by atoms with E-state index in [4.69, 9.17) is 9.97 Å². The number of benzene rings is 1. The number of fused-ring (bicyclic) bond motifs is 1. The summed E-state index contributed by atoms with van der Waals surface area (Å²) in [6.07, 6.45) is 5.67. The highest BCUT2D eigenvalue weighted by atomic mass is 16.2. The average molecular weight is 392 g/mol. The van der Waals surface area contributed by atoms with E-state index in [1.807, 2.05) is 36.1 Å². The first-order valence-electron chi connectivity index (χ1n) is 10.9. The topological polar surface area (TPSA) is 52.6 Å². The zero-order valence-electron chi connectivity index (χ0n) is 17.2. The minimum absolute atomic E-state index is 0.107. The van der Waals surface area contributed by atoms with Gasteiger partial charge in [0, 0.05) is 50.3 Å². The first-order chi connectivity index (χ1) is 14.2. The van der Waals surface area contributed by atoms with Crippen LogP contribution in [0.3, 0.4) is 0 Å². The van der Waals surface area contributed by atoms with Crippen LogP contribution in [0.4, 0.5) is 11.8 Å². The molecule has 0 atom stereocenters. The van der Waals surface area contributed by atoms with Crippen molar-refractivity contribution in [1.29, 1.82) is 0 Å². The molecular weight excluding hydrogens is 362 g/mol. The van der Waals surface area contributed by atoms with Crippen molar-refractivity contribution in [3.63, 3.8) is 0 Å². The number of aryl methyl sites for hydroxylation is 1. The van der Waals surface area contributed by atoms with Gasteiger partial charge >= 0.3 is 0 Å². The van der Waals surface area contributed by atoms with Crippen molar-refractivity contribution in [2.75, 3.05) is 42.5 Å². The monoisotopic (exact) mass is 391 g/mol. The Hall–Kier alpha value is -2.63. The van der Waals surface area contributed by atoms with Gasteiger partial charge in [0.2, 0.25) is 5.95 Å². The molecule has 0 unspecified atom stereocenters. The zero-order chi connectivity index (χ0) is 19.8. The average Bonchev–Trinajstić information content (AvgIpc) is 3.46. The molecule has 1 aromatic carbocycles. The van der Waals surface area contributed by atoms with E-state index in [2.05, 4.69) is 9.80 Å². The molecule has 0 bridgehead atoms. The SMILES string of the molecule is Cc1cccc(C(=O)N2CCc3nc(N4CCCC4)nc(N4CCCC4)c3C2)c1. The maximum atomic E-state index is 13.1. The van der Waals surface area contributed by atoms with Crippen LogP contribution in [-0.4, -0.2) is 53.5 Å². The summed E-state index contributed by atoms with van der Waals surface area (Å²) >= 11 is 0. The second kappa shape index (κ2) is 7.65. The van der Waals surface area contributed by atoms with Crippen molar-refractivity contribution in [1.82, 2.24) is 14.9 Å². The highest BCUT2D eigenvalue weighted by Gasteiger charge is 2.30. The van der Waals surface area contributed by atoms with Crippen molar-refractivity contribution >= 4 is 17.7 Å². The molecule has 5 rings (SSSR count). The maximum absolute atomic E-state index is 13.1. The molecule has 0 saturated carbocycles. The maximum Gasteiger partial charge on any atom is 0.254 e. The lowest BCUT2D eigenvalue weighted by atomic mass is 10.0. The second-order valence-corrected chi connectivity index (χ2v) is 8.51. The quantitative estimate of drug-likeness (QED) is 0.804. The summed E-state index contributed by atoms with van der Waals surface area (Å²) in [4.78, 5) is 29.8. The molecule has 29 heavy (non-hydrogen) atoms. The van der Waals surface area contributed by atoms with Gasteiger partial charge in [0.05, 0.1) is 12.2 Å². The number of nitrogens with zero attached hydrogens (tertiary/aromatic N) is 5.